The first-order valence-electron chi connectivity index (χ1n) is 5.01. The second kappa shape index (κ2) is 6.50. The van der Waals surface area contributed by atoms with Crippen molar-refractivity contribution >= 4 is 0 Å². The van der Waals surface area contributed by atoms with E-state index < -0.39 is 0 Å². The van der Waals surface area contributed by atoms with Crippen LogP contribution >= 0.6 is 0 Å². The molecule has 0 amide bonds. The first kappa shape index (κ1) is 12.1. The van der Waals surface area contributed by atoms with Gasteiger partial charge in [-0.15, -0.1) is 0 Å². The fraction of sp³-hybridized carbons (Fsp3) is 0.545. The van der Waals surface area contributed by atoms with Crippen molar-refractivity contribution in [1.29, 1.82) is 0 Å². The van der Waals surface area contributed by atoms with Gasteiger partial charge >= 0.3 is 0 Å². The van der Waals surface area contributed by atoms with Crippen LogP contribution in [-0.2, 0) is 11.3 Å². The van der Waals surface area contributed by atoms with Crippen LogP contribution in [0.5, 0.6) is 0 Å². The van der Waals surface area contributed by atoms with Crippen molar-refractivity contribution < 1.29 is 9.84 Å². The van der Waals surface area contributed by atoms with Crippen molar-refractivity contribution in [2.24, 2.45) is 0 Å². The first-order chi connectivity index (χ1) is 7.26. The molecule has 0 aliphatic heterocycles. The predicted octanol–water partition coefficient (Wildman–Crippen LogP) is 0.487. The van der Waals surface area contributed by atoms with Gasteiger partial charge in [0.2, 0.25) is 0 Å². The zero-order valence-corrected chi connectivity index (χ0v) is 9.23. The van der Waals surface area contributed by atoms with E-state index in [0.29, 0.717) is 13.2 Å². The second-order valence-electron chi connectivity index (χ2n) is 3.54. The van der Waals surface area contributed by atoms with E-state index >= 15 is 0 Å². The summed E-state index contributed by atoms with van der Waals surface area (Å²) in [6.45, 7) is 3.22. The highest BCUT2D eigenvalue weighted by molar-refractivity contribution is 5.11. The van der Waals surface area contributed by atoms with Crippen LogP contribution in [0.25, 0.3) is 0 Å². The summed E-state index contributed by atoms with van der Waals surface area (Å²) in [6, 6.07) is 3.97. The molecule has 1 unspecified atom stereocenters. The second-order valence-corrected chi connectivity index (χ2v) is 3.54. The van der Waals surface area contributed by atoms with Gasteiger partial charge in [0.25, 0.3) is 0 Å². The van der Waals surface area contributed by atoms with E-state index in [1.807, 2.05) is 25.3 Å². The van der Waals surface area contributed by atoms with Gasteiger partial charge in [0.15, 0.2) is 0 Å². The molecule has 0 saturated carbocycles. The third-order valence-corrected chi connectivity index (χ3v) is 2.13. The van der Waals surface area contributed by atoms with Crippen LogP contribution in [0, 0.1) is 6.92 Å². The molecule has 1 heterocycles. The van der Waals surface area contributed by atoms with Gasteiger partial charge in [0, 0.05) is 19.9 Å². The molecule has 4 heteroatoms. The van der Waals surface area contributed by atoms with Crippen molar-refractivity contribution in [2.75, 3.05) is 20.3 Å². The smallest absolute Gasteiger partial charge is 0.0638 e. The standard InChI is InChI=1S/C11H18N2O2/c1-9-3-4-10(12-5-9)6-13-11(7-14)8-15-2/h3-5,11,13-14H,6-8H2,1-2H3. The normalized spacial score (nSPS) is 12.7. The van der Waals surface area contributed by atoms with Crippen LogP contribution < -0.4 is 5.32 Å². The van der Waals surface area contributed by atoms with Gasteiger partial charge in [-0.25, -0.2) is 0 Å². The van der Waals surface area contributed by atoms with E-state index in [0.717, 1.165) is 11.3 Å². The van der Waals surface area contributed by atoms with Crippen molar-refractivity contribution in [3.63, 3.8) is 0 Å². The minimum absolute atomic E-state index is 0.0295. The molecule has 84 valence electrons. The number of pyridine rings is 1. The van der Waals surface area contributed by atoms with E-state index in [1.165, 1.54) is 0 Å². The van der Waals surface area contributed by atoms with Crippen LogP contribution in [0.1, 0.15) is 11.3 Å². The van der Waals surface area contributed by atoms with E-state index in [-0.39, 0.29) is 12.6 Å². The summed E-state index contributed by atoms with van der Waals surface area (Å²) in [4.78, 5) is 4.26. The largest absolute Gasteiger partial charge is 0.395 e. The van der Waals surface area contributed by atoms with Crippen molar-refractivity contribution in [3.05, 3.63) is 29.6 Å². The van der Waals surface area contributed by atoms with Gasteiger partial charge in [-0.1, -0.05) is 6.07 Å². The number of rotatable bonds is 6. The molecule has 1 atom stereocenters. The monoisotopic (exact) mass is 210 g/mol. The van der Waals surface area contributed by atoms with Crippen LogP contribution in [0.2, 0.25) is 0 Å². The zero-order valence-electron chi connectivity index (χ0n) is 9.23. The molecule has 0 bridgehead atoms. The number of aliphatic hydroxyl groups is 1. The molecule has 0 radical (unpaired) electrons. The van der Waals surface area contributed by atoms with Gasteiger partial charge < -0.3 is 15.2 Å². The molecule has 0 saturated heterocycles. The lowest BCUT2D eigenvalue weighted by Crippen LogP contribution is -2.36. The number of aliphatic hydroxyl groups excluding tert-OH is 1. The third-order valence-electron chi connectivity index (χ3n) is 2.13. The summed E-state index contributed by atoms with van der Waals surface area (Å²) in [5.41, 5.74) is 2.12. The fourth-order valence-electron chi connectivity index (χ4n) is 1.23. The lowest BCUT2D eigenvalue weighted by atomic mass is 10.2. The van der Waals surface area contributed by atoms with E-state index in [1.54, 1.807) is 7.11 Å². The number of hydrogen-bond acceptors (Lipinski definition) is 4. The molecule has 15 heavy (non-hydrogen) atoms. The van der Waals surface area contributed by atoms with Crippen molar-refractivity contribution in [1.82, 2.24) is 10.3 Å². The lowest BCUT2D eigenvalue weighted by Gasteiger charge is -2.14. The maximum atomic E-state index is 9.02. The average Bonchev–Trinajstić information content (AvgIpc) is 2.26. The van der Waals surface area contributed by atoms with E-state index in [2.05, 4.69) is 10.3 Å². The Morgan fingerprint density at radius 1 is 1.53 bits per heavy atom. The maximum absolute atomic E-state index is 9.02. The highest BCUT2D eigenvalue weighted by Crippen LogP contribution is 1.98. The van der Waals surface area contributed by atoms with Crippen molar-refractivity contribution in [3.8, 4) is 0 Å². The van der Waals surface area contributed by atoms with Crippen LogP contribution in [0.3, 0.4) is 0 Å². The van der Waals surface area contributed by atoms with Crippen LogP contribution in [0.4, 0.5) is 0 Å². The zero-order chi connectivity index (χ0) is 11.1. The predicted molar refractivity (Wildman–Crippen MR) is 58.6 cm³/mol. The number of methoxy groups -OCH3 is 1. The molecular formula is C11H18N2O2. The average molecular weight is 210 g/mol. The number of aromatic nitrogens is 1. The number of nitrogens with zero attached hydrogens (tertiary/aromatic N) is 1. The molecule has 0 aromatic carbocycles. The molecule has 0 fully saturated rings. The molecule has 1 aromatic rings. The van der Waals surface area contributed by atoms with Gasteiger partial charge in [0.1, 0.15) is 0 Å². The van der Waals surface area contributed by atoms with E-state index in [9.17, 15) is 0 Å². The summed E-state index contributed by atoms with van der Waals surface area (Å²) in [6.07, 6.45) is 1.83. The Kier molecular flexibility index (Phi) is 5.25. The number of aryl methyl sites for hydroxylation is 1. The Bertz CT molecular complexity index is 274. The minimum Gasteiger partial charge on any atom is -0.395 e. The maximum Gasteiger partial charge on any atom is 0.0638 e. The Balaban J connectivity index is 2.38. The Morgan fingerprint density at radius 3 is 2.87 bits per heavy atom. The van der Waals surface area contributed by atoms with Gasteiger partial charge in [-0.2, -0.15) is 0 Å². The Morgan fingerprint density at radius 2 is 2.33 bits per heavy atom. The summed E-state index contributed by atoms with van der Waals surface area (Å²) < 4.78 is 4.96. The molecule has 1 rings (SSSR count). The SMILES string of the molecule is COCC(CO)NCc1ccc(C)cn1. The quantitative estimate of drug-likeness (QED) is 0.717. The molecule has 0 spiro atoms. The fourth-order valence-corrected chi connectivity index (χ4v) is 1.23. The number of ether oxygens (including phenoxy) is 1. The molecule has 0 aliphatic carbocycles. The summed E-state index contributed by atoms with van der Waals surface area (Å²) in [5, 5.41) is 12.2. The van der Waals surface area contributed by atoms with Gasteiger partial charge in [-0.05, 0) is 18.6 Å². The molecular weight excluding hydrogens is 192 g/mol. The highest BCUT2D eigenvalue weighted by Gasteiger charge is 2.05. The van der Waals surface area contributed by atoms with Crippen LogP contribution in [-0.4, -0.2) is 36.5 Å². The molecule has 0 aliphatic rings. The van der Waals surface area contributed by atoms with Gasteiger partial charge in [0.05, 0.1) is 24.9 Å². The van der Waals surface area contributed by atoms with E-state index in [4.69, 9.17) is 9.84 Å². The first-order valence-corrected chi connectivity index (χ1v) is 5.01. The third kappa shape index (κ3) is 4.38. The van der Waals surface area contributed by atoms with Crippen LogP contribution in [0.15, 0.2) is 18.3 Å². The lowest BCUT2D eigenvalue weighted by molar-refractivity contribution is 0.128. The topological polar surface area (TPSA) is 54.4 Å². The highest BCUT2D eigenvalue weighted by atomic mass is 16.5. The molecule has 4 nitrogen and oxygen atoms in total. The number of nitrogens with one attached hydrogen (secondary N) is 1. The molecule has 2 N–H and O–H groups in total. The van der Waals surface area contributed by atoms with Gasteiger partial charge in [-0.3, -0.25) is 4.98 Å². The van der Waals surface area contributed by atoms with Crippen molar-refractivity contribution in [2.45, 2.75) is 19.5 Å². The summed E-state index contributed by atoms with van der Waals surface area (Å²) in [5.74, 6) is 0. The number of hydrogen-bond donors (Lipinski definition) is 2. The summed E-state index contributed by atoms with van der Waals surface area (Å²) in [7, 11) is 1.62. The Labute approximate surface area is 90.3 Å². The minimum atomic E-state index is -0.0295. The molecule has 1 aromatic heterocycles. The Hall–Kier alpha value is -0.970. The summed E-state index contributed by atoms with van der Waals surface area (Å²) >= 11 is 0.